The summed E-state index contributed by atoms with van der Waals surface area (Å²) in [6.45, 7) is 46.2. The second kappa shape index (κ2) is 21.0. The van der Waals surface area contributed by atoms with Crippen molar-refractivity contribution < 1.29 is 14.2 Å². The summed E-state index contributed by atoms with van der Waals surface area (Å²) in [5.41, 5.74) is 6.11. The fourth-order valence-electron chi connectivity index (χ4n) is 12.5. The lowest BCUT2D eigenvalue weighted by molar-refractivity contribution is -0.195. The summed E-state index contributed by atoms with van der Waals surface area (Å²) in [6, 6.07) is 0. The first kappa shape index (κ1) is 54.1. The Morgan fingerprint density at radius 2 is 0.810 bits per heavy atom. The summed E-state index contributed by atoms with van der Waals surface area (Å²) in [5, 5.41) is 3.38. The van der Waals surface area contributed by atoms with Crippen molar-refractivity contribution in [2.75, 3.05) is 64.2 Å². The van der Waals surface area contributed by atoms with E-state index in [0.717, 1.165) is 74.1 Å². The Labute approximate surface area is 398 Å². The fraction of sp³-hybridized carbons (Fsp3) is 1.00. The number of rotatable bonds is 0. The Morgan fingerprint density at radius 1 is 0.397 bits per heavy atom. The molecule has 2 atom stereocenters. The minimum Gasteiger partial charge on any atom is -0.381 e. The van der Waals surface area contributed by atoms with Crippen LogP contribution in [0.3, 0.4) is 0 Å². The predicted octanol–water partition coefficient (Wildman–Crippen LogP) is 16.1. The van der Waals surface area contributed by atoms with Gasteiger partial charge in [0.25, 0.3) is 0 Å². The Hall–Kier alpha value is 0.190. The summed E-state index contributed by atoms with van der Waals surface area (Å²) in [6.07, 6.45) is 26.0. The minimum absolute atomic E-state index is 0.500. The fourth-order valence-corrected chi connectivity index (χ4v) is 14.1. The van der Waals surface area contributed by atoms with Crippen LogP contribution in [0.1, 0.15) is 226 Å². The Bertz CT molecular complexity index is 1320. The number of ether oxygens (including phenoxy) is 3. The lowest BCUT2D eigenvalue weighted by atomic mass is 9.54. The molecule has 0 aromatic rings. The van der Waals surface area contributed by atoms with Gasteiger partial charge in [-0.3, -0.25) is 0 Å². The molecule has 10 aliphatic rings. The van der Waals surface area contributed by atoms with Crippen molar-refractivity contribution in [3.8, 4) is 0 Å². The van der Waals surface area contributed by atoms with E-state index in [9.17, 15) is 0 Å². The van der Waals surface area contributed by atoms with Crippen molar-refractivity contribution >= 4 is 11.8 Å². The van der Waals surface area contributed by atoms with Gasteiger partial charge in [0.1, 0.15) is 0 Å². The Morgan fingerprint density at radius 3 is 1.11 bits per heavy atom. The summed E-state index contributed by atoms with van der Waals surface area (Å²) < 4.78 is 16.1. The quantitative estimate of drug-likeness (QED) is 0.262. The van der Waals surface area contributed by atoms with Gasteiger partial charge in [-0.15, -0.1) is 0 Å². The maximum absolute atomic E-state index is 5.56. The predicted molar refractivity (Wildman–Crippen MR) is 275 cm³/mol. The van der Waals surface area contributed by atoms with E-state index in [1.54, 1.807) is 0 Å². The molecule has 0 amide bonds. The maximum Gasteiger partial charge on any atom is 0.0545 e. The molecule has 5 spiro atoms. The molecule has 10 fully saturated rings. The summed E-state index contributed by atoms with van der Waals surface area (Å²) in [5.74, 6) is 6.71. The third kappa shape index (κ3) is 16.4. The van der Waals surface area contributed by atoms with Crippen LogP contribution < -0.4 is 5.32 Å². The summed E-state index contributed by atoms with van der Waals surface area (Å²) in [4.78, 5) is 0. The van der Waals surface area contributed by atoms with Gasteiger partial charge in [-0.05, 0) is 201 Å². The van der Waals surface area contributed by atoms with Crippen molar-refractivity contribution in [3.05, 3.63) is 0 Å². The highest BCUT2D eigenvalue weighted by Crippen LogP contribution is 2.57. The van der Waals surface area contributed by atoms with Crippen molar-refractivity contribution in [1.29, 1.82) is 0 Å². The average Bonchev–Trinajstić information content (AvgIpc) is 3.61. The van der Waals surface area contributed by atoms with E-state index in [2.05, 4.69) is 128 Å². The monoisotopic (exact) mass is 900 g/mol. The lowest BCUT2D eigenvalue weighted by Gasteiger charge is -2.57. The van der Waals surface area contributed by atoms with Crippen molar-refractivity contribution in [1.82, 2.24) is 5.32 Å². The number of nitrogens with one attached hydrogen (secondary N) is 1. The first-order chi connectivity index (χ1) is 29.0. The minimum atomic E-state index is 0.500. The average molecular weight is 901 g/mol. The van der Waals surface area contributed by atoms with Gasteiger partial charge >= 0.3 is 0 Å². The van der Waals surface area contributed by atoms with Crippen molar-refractivity contribution in [2.45, 2.75) is 226 Å². The highest BCUT2D eigenvalue weighted by Gasteiger charge is 2.53. The lowest BCUT2D eigenvalue weighted by Crippen LogP contribution is -2.54. The van der Waals surface area contributed by atoms with Crippen LogP contribution in [0.2, 0.25) is 0 Å². The summed E-state index contributed by atoms with van der Waals surface area (Å²) >= 11 is 2.18. The van der Waals surface area contributed by atoms with Gasteiger partial charge < -0.3 is 19.5 Å². The molecule has 4 nitrogen and oxygen atoms in total. The first-order valence-electron chi connectivity index (χ1n) is 27.0. The zero-order valence-corrected chi connectivity index (χ0v) is 46.1. The highest BCUT2D eigenvalue weighted by atomic mass is 32.2. The molecule has 5 heterocycles. The van der Waals surface area contributed by atoms with E-state index in [1.807, 2.05) is 0 Å². The third-order valence-corrected chi connectivity index (χ3v) is 19.7. The topological polar surface area (TPSA) is 39.7 Å². The molecule has 10 rings (SSSR count). The van der Waals surface area contributed by atoms with Crippen LogP contribution in [0, 0.1) is 77.8 Å². The zero-order chi connectivity index (χ0) is 46.6. The number of hydrogen-bond acceptors (Lipinski definition) is 5. The molecule has 63 heavy (non-hydrogen) atoms. The van der Waals surface area contributed by atoms with Gasteiger partial charge in [-0.2, -0.15) is 11.8 Å². The second-order valence-electron chi connectivity index (χ2n) is 30.1. The Kier molecular flexibility index (Phi) is 18.1. The van der Waals surface area contributed by atoms with Crippen LogP contribution in [0.25, 0.3) is 0 Å². The normalized spacial score (nSPS) is 32.3. The van der Waals surface area contributed by atoms with Crippen LogP contribution >= 0.6 is 11.8 Å². The molecule has 0 aromatic carbocycles. The first-order valence-corrected chi connectivity index (χ1v) is 28.2. The molecule has 5 aliphatic carbocycles. The second-order valence-corrected chi connectivity index (χ2v) is 31.2. The van der Waals surface area contributed by atoms with Gasteiger partial charge in [0.05, 0.1) is 33.0 Å². The highest BCUT2D eigenvalue weighted by molar-refractivity contribution is 7.99. The summed E-state index contributed by atoms with van der Waals surface area (Å²) in [7, 11) is 0. The van der Waals surface area contributed by atoms with Gasteiger partial charge in [0.15, 0.2) is 0 Å². The van der Waals surface area contributed by atoms with Crippen molar-refractivity contribution in [2.24, 2.45) is 77.8 Å². The third-order valence-electron chi connectivity index (χ3n) is 18.3. The smallest absolute Gasteiger partial charge is 0.0545 e. The molecule has 5 aliphatic heterocycles. The van der Waals surface area contributed by atoms with Crippen molar-refractivity contribution in [3.63, 3.8) is 0 Å². The van der Waals surface area contributed by atoms with E-state index in [-0.39, 0.29) is 0 Å². The van der Waals surface area contributed by atoms with E-state index < -0.39 is 0 Å². The molecule has 0 radical (unpaired) electrons. The molecule has 370 valence electrons. The molecule has 2 unspecified atom stereocenters. The molecule has 1 N–H and O–H groups in total. The van der Waals surface area contributed by atoms with Crippen LogP contribution in [0.4, 0.5) is 0 Å². The van der Waals surface area contributed by atoms with Gasteiger partial charge in [-0.25, -0.2) is 0 Å². The SMILES string of the molecule is C1CC2(CC2)CN1.CC(C)(C)C.CC(C)(C)C1CC2(COC2)C1.CC(C)(C)C1CCC2(CC1)COC2.CC(C)(C)C1CCC2(CCOC2)CC1.CC(C)(C)C1CCC2(CCSC2)C1. The zero-order valence-electron chi connectivity index (χ0n) is 45.2. The van der Waals surface area contributed by atoms with Gasteiger partial charge in [0.2, 0.25) is 0 Å². The molecular formula is C58H109NO3S. The van der Waals surface area contributed by atoms with Crippen LogP contribution in [-0.4, -0.2) is 64.2 Å². The van der Waals surface area contributed by atoms with E-state index in [0.29, 0.717) is 43.3 Å². The van der Waals surface area contributed by atoms with Crippen LogP contribution in [0.15, 0.2) is 0 Å². The van der Waals surface area contributed by atoms with Crippen LogP contribution in [0.5, 0.6) is 0 Å². The molecular weight excluding hydrogens is 791 g/mol. The molecule has 5 heteroatoms. The van der Waals surface area contributed by atoms with Crippen LogP contribution in [-0.2, 0) is 14.2 Å². The number of hydrogen-bond donors (Lipinski definition) is 1. The largest absolute Gasteiger partial charge is 0.381 e. The molecule has 0 aromatic heterocycles. The Balaban J connectivity index is 0.000000146. The molecule has 5 saturated carbocycles. The van der Waals surface area contributed by atoms with E-state index >= 15 is 0 Å². The van der Waals surface area contributed by atoms with Gasteiger partial charge in [-0.1, -0.05) is 111 Å². The van der Waals surface area contributed by atoms with Gasteiger partial charge in [0, 0.05) is 24.0 Å². The van der Waals surface area contributed by atoms with E-state index in [1.165, 1.54) is 140 Å². The van der Waals surface area contributed by atoms with E-state index in [4.69, 9.17) is 14.2 Å². The molecule has 0 bridgehead atoms. The number of thioether (sulfide) groups is 1. The standard InChI is InChI=1S/C13H24O.C12H22O.C12H22S.C10H18O.C6H11N.C5H12/c1-12(2,3)11-4-6-13(7-5-11)8-9-14-10-13;1-11(2,3)10-4-6-12(7-5-10)8-13-9-12;1-11(2,3)10-4-5-12(8-10)6-7-13-9-12;1-9(2,3)8-4-10(5-8)6-11-7-10;1-2-6(1)3-4-7-5-6;1-5(2,3)4/h11H,4-10H2,1-3H3;2*10H,4-9H2,1-3H3;8H,4-7H2,1-3H3;7H,1-5H2;1-4H3. The molecule has 5 saturated heterocycles. The maximum atomic E-state index is 5.56.